The number of ether oxygens (including phenoxy) is 1. The van der Waals surface area contributed by atoms with Gasteiger partial charge in [0.05, 0.1) is 10.1 Å². The first-order valence-corrected chi connectivity index (χ1v) is 9.17. The lowest BCUT2D eigenvalue weighted by atomic mass is 10.0. The lowest BCUT2D eigenvalue weighted by Crippen LogP contribution is -2.32. The lowest BCUT2D eigenvalue weighted by Gasteiger charge is -2.26. The molecule has 4 nitrogen and oxygen atoms in total. The number of benzene rings is 1. The van der Waals surface area contributed by atoms with E-state index in [-0.39, 0.29) is 6.10 Å². The summed E-state index contributed by atoms with van der Waals surface area (Å²) in [7, 11) is -1.47. The fourth-order valence-electron chi connectivity index (χ4n) is 2.92. The summed E-state index contributed by atoms with van der Waals surface area (Å²) in [5, 5.41) is 2.63. The molecule has 3 rings (SSSR count). The minimum absolute atomic E-state index is 0.105. The Morgan fingerprint density at radius 1 is 1.32 bits per heavy atom. The second kappa shape index (κ2) is 6.26. The Morgan fingerprint density at radius 3 is 2.91 bits per heavy atom. The van der Waals surface area contributed by atoms with Crippen molar-refractivity contribution in [3.8, 4) is 5.75 Å². The van der Waals surface area contributed by atoms with Crippen LogP contribution in [0.2, 0.25) is 0 Å². The molecule has 1 aliphatic carbocycles. The zero-order valence-corrected chi connectivity index (χ0v) is 13.5. The normalized spacial score (nSPS) is 23.9. The molecule has 0 saturated carbocycles. The predicted octanol–water partition coefficient (Wildman–Crippen LogP) is 2.26. The first-order chi connectivity index (χ1) is 10.6. The van der Waals surface area contributed by atoms with E-state index < -0.39 is 15.1 Å². The van der Waals surface area contributed by atoms with E-state index in [2.05, 4.69) is 5.32 Å². The van der Waals surface area contributed by atoms with Crippen molar-refractivity contribution in [3.05, 3.63) is 48.1 Å². The van der Waals surface area contributed by atoms with Gasteiger partial charge in [-0.15, -0.1) is 0 Å². The van der Waals surface area contributed by atoms with Crippen molar-refractivity contribution in [1.82, 2.24) is 5.32 Å². The maximum absolute atomic E-state index is 12.7. The molecule has 0 amide bonds. The van der Waals surface area contributed by atoms with Gasteiger partial charge >= 0.3 is 0 Å². The standard InChI is InChI=1S/C17H21NO3S/c1-18-12-14-9-7-13-8-10-16(11-17(13)21-14)22(19,20)15-5-3-2-4-6-15/h2-5,8,10-11,14-15,18H,6-7,9,12H2,1H3/t14-,15?/m0/s1. The molecule has 22 heavy (non-hydrogen) atoms. The third kappa shape index (κ3) is 2.96. The third-order valence-electron chi connectivity index (χ3n) is 4.17. The number of rotatable bonds is 4. The number of aryl methyl sites for hydroxylation is 1. The third-order valence-corrected chi connectivity index (χ3v) is 6.23. The Labute approximate surface area is 131 Å². The van der Waals surface area contributed by atoms with E-state index in [1.807, 2.05) is 25.3 Å². The van der Waals surface area contributed by atoms with Gasteiger partial charge in [-0.1, -0.05) is 30.4 Å². The number of fused-ring (bicyclic) bond motifs is 1. The lowest BCUT2D eigenvalue weighted by molar-refractivity contribution is 0.173. The summed E-state index contributed by atoms with van der Waals surface area (Å²) in [5.41, 5.74) is 1.09. The SMILES string of the molecule is CNC[C@@H]1CCc2ccc(S(=O)(=O)C3C=CC=CC3)cc2O1. The van der Waals surface area contributed by atoms with E-state index in [0.717, 1.165) is 24.9 Å². The molecular weight excluding hydrogens is 298 g/mol. The Kier molecular flexibility index (Phi) is 4.36. The molecule has 118 valence electrons. The largest absolute Gasteiger partial charge is 0.489 e. The van der Waals surface area contributed by atoms with Gasteiger partial charge in [0.2, 0.25) is 0 Å². The van der Waals surface area contributed by atoms with Crippen LogP contribution in [0.1, 0.15) is 18.4 Å². The van der Waals surface area contributed by atoms with Gasteiger partial charge in [0.25, 0.3) is 0 Å². The van der Waals surface area contributed by atoms with Gasteiger partial charge in [0.15, 0.2) is 9.84 Å². The molecule has 0 radical (unpaired) electrons. The Morgan fingerprint density at radius 2 is 2.18 bits per heavy atom. The fraction of sp³-hybridized carbons (Fsp3) is 0.412. The van der Waals surface area contributed by atoms with Crippen molar-refractivity contribution in [1.29, 1.82) is 0 Å². The number of nitrogens with one attached hydrogen (secondary N) is 1. The van der Waals surface area contributed by atoms with Crippen molar-refractivity contribution < 1.29 is 13.2 Å². The average Bonchev–Trinajstić information content (AvgIpc) is 2.55. The van der Waals surface area contributed by atoms with Crippen LogP contribution >= 0.6 is 0 Å². The van der Waals surface area contributed by atoms with Gasteiger partial charge in [-0.25, -0.2) is 8.42 Å². The summed E-state index contributed by atoms with van der Waals surface area (Å²) < 4.78 is 31.4. The second-order valence-corrected chi connectivity index (χ2v) is 7.90. The zero-order valence-electron chi connectivity index (χ0n) is 12.7. The van der Waals surface area contributed by atoms with E-state index >= 15 is 0 Å². The van der Waals surface area contributed by atoms with Crippen LogP contribution in [-0.4, -0.2) is 33.4 Å². The van der Waals surface area contributed by atoms with Gasteiger partial charge in [-0.3, -0.25) is 0 Å². The highest BCUT2D eigenvalue weighted by Crippen LogP contribution is 2.32. The van der Waals surface area contributed by atoms with Crippen LogP contribution in [0, 0.1) is 0 Å². The first-order valence-electron chi connectivity index (χ1n) is 7.62. The highest BCUT2D eigenvalue weighted by Gasteiger charge is 2.27. The predicted molar refractivity (Wildman–Crippen MR) is 87.0 cm³/mol. The van der Waals surface area contributed by atoms with Crippen LogP contribution in [-0.2, 0) is 16.3 Å². The topological polar surface area (TPSA) is 55.4 Å². The summed E-state index contributed by atoms with van der Waals surface area (Å²) in [6.07, 6.45) is 9.82. The number of allylic oxidation sites excluding steroid dienone is 3. The van der Waals surface area contributed by atoms with Gasteiger partial charge < -0.3 is 10.1 Å². The summed E-state index contributed by atoms with van der Waals surface area (Å²) in [5.74, 6) is 0.711. The fourth-order valence-corrected chi connectivity index (χ4v) is 4.46. The minimum atomic E-state index is -3.36. The van der Waals surface area contributed by atoms with Crippen LogP contribution in [0.3, 0.4) is 0 Å². The number of likely N-dealkylation sites (N-methyl/N-ethyl adjacent to an activating group) is 1. The molecule has 1 unspecified atom stereocenters. The van der Waals surface area contributed by atoms with E-state index in [9.17, 15) is 8.42 Å². The van der Waals surface area contributed by atoms with Crippen LogP contribution in [0.15, 0.2) is 47.4 Å². The summed E-state index contributed by atoms with van der Waals surface area (Å²) in [6, 6.07) is 5.29. The molecule has 1 heterocycles. The molecule has 1 aliphatic heterocycles. The van der Waals surface area contributed by atoms with Gasteiger partial charge in [0, 0.05) is 6.54 Å². The molecule has 0 bridgehead atoms. The number of hydrogen-bond donors (Lipinski definition) is 1. The zero-order chi connectivity index (χ0) is 15.6. The summed E-state index contributed by atoms with van der Waals surface area (Å²) in [6.45, 7) is 0.770. The monoisotopic (exact) mass is 319 g/mol. The van der Waals surface area contributed by atoms with Crippen molar-refractivity contribution >= 4 is 9.84 Å². The van der Waals surface area contributed by atoms with Crippen LogP contribution in [0.4, 0.5) is 0 Å². The van der Waals surface area contributed by atoms with Crippen molar-refractivity contribution in [2.24, 2.45) is 0 Å². The molecule has 0 fully saturated rings. The molecule has 2 atom stereocenters. The molecule has 1 aromatic carbocycles. The van der Waals surface area contributed by atoms with E-state index in [1.54, 1.807) is 24.3 Å². The maximum Gasteiger partial charge on any atom is 0.185 e. The molecule has 0 saturated heterocycles. The highest BCUT2D eigenvalue weighted by molar-refractivity contribution is 7.92. The smallest absolute Gasteiger partial charge is 0.185 e. The Bertz CT molecular complexity index is 707. The van der Waals surface area contributed by atoms with Crippen LogP contribution < -0.4 is 10.1 Å². The molecule has 0 spiro atoms. The number of hydrogen-bond acceptors (Lipinski definition) is 4. The van der Waals surface area contributed by atoms with Crippen LogP contribution in [0.25, 0.3) is 0 Å². The van der Waals surface area contributed by atoms with E-state index in [4.69, 9.17) is 4.74 Å². The summed E-state index contributed by atoms with van der Waals surface area (Å²) >= 11 is 0. The molecule has 0 aromatic heterocycles. The molecular formula is C17H21NO3S. The molecule has 1 N–H and O–H groups in total. The first kappa shape index (κ1) is 15.3. The van der Waals surface area contributed by atoms with Gasteiger partial charge in [0.1, 0.15) is 11.9 Å². The minimum Gasteiger partial charge on any atom is -0.489 e. The second-order valence-electron chi connectivity index (χ2n) is 5.74. The molecule has 1 aromatic rings. The van der Waals surface area contributed by atoms with Crippen molar-refractivity contribution in [3.63, 3.8) is 0 Å². The average molecular weight is 319 g/mol. The van der Waals surface area contributed by atoms with Gasteiger partial charge in [-0.05, 0) is 44.0 Å². The quantitative estimate of drug-likeness (QED) is 0.925. The van der Waals surface area contributed by atoms with E-state index in [0.29, 0.717) is 17.1 Å². The van der Waals surface area contributed by atoms with Crippen molar-refractivity contribution in [2.75, 3.05) is 13.6 Å². The van der Waals surface area contributed by atoms with Crippen LogP contribution in [0.5, 0.6) is 5.75 Å². The highest BCUT2D eigenvalue weighted by atomic mass is 32.2. The molecule has 2 aliphatic rings. The molecule has 5 heteroatoms. The van der Waals surface area contributed by atoms with Gasteiger partial charge in [-0.2, -0.15) is 0 Å². The maximum atomic E-state index is 12.7. The number of sulfone groups is 1. The van der Waals surface area contributed by atoms with E-state index in [1.165, 1.54) is 0 Å². The summed E-state index contributed by atoms with van der Waals surface area (Å²) in [4.78, 5) is 0.348. The van der Waals surface area contributed by atoms with Crippen molar-refractivity contribution in [2.45, 2.75) is 35.5 Å². The Hall–Kier alpha value is -1.59. The Balaban J connectivity index is 1.88.